The minimum atomic E-state index is -5.23. The van der Waals surface area contributed by atoms with Crippen molar-refractivity contribution in [1.29, 1.82) is 0 Å². The zero-order valence-corrected chi connectivity index (χ0v) is 17.9. The zero-order valence-electron chi connectivity index (χ0n) is 17.9. The molecule has 32 heavy (non-hydrogen) atoms. The van der Waals surface area contributed by atoms with Crippen molar-refractivity contribution in [2.45, 2.75) is 45.3 Å². The van der Waals surface area contributed by atoms with Crippen LogP contribution in [-0.4, -0.2) is 29.3 Å². The SMILES string of the molecule is CC(=O)C1=C(C)N(c2ccc(C)cc2)C(=O)C1(NC(=O)CCc1ccccc1)C(F)(F)F. The number of rotatable bonds is 6. The van der Waals surface area contributed by atoms with Gasteiger partial charge in [0.05, 0.1) is 5.57 Å². The molecule has 8 heteroatoms. The van der Waals surface area contributed by atoms with E-state index < -0.39 is 34.9 Å². The first-order valence-corrected chi connectivity index (χ1v) is 10.0. The maximum absolute atomic E-state index is 14.5. The molecule has 1 unspecified atom stereocenters. The van der Waals surface area contributed by atoms with Gasteiger partial charge in [-0.3, -0.25) is 19.3 Å². The number of anilines is 1. The first-order chi connectivity index (χ1) is 15.0. The van der Waals surface area contributed by atoms with E-state index in [1.165, 1.54) is 19.1 Å². The van der Waals surface area contributed by atoms with E-state index in [-0.39, 0.29) is 24.2 Å². The number of hydrogen-bond acceptors (Lipinski definition) is 3. The average Bonchev–Trinajstić information content (AvgIpc) is 2.95. The molecule has 0 aromatic heterocycles. The van der Waals surface area contributed by atoms with Crippen molar-refractivity contribution in [2.75, 3.05) is 4.90 Å². The Bertz CT molecular complexity index is 1080. The molecule has 2 aromatic carbocycles. The normalized spacial score (nSPS) is 18.8. The lowest BCUT2D eigenvalue weighted by molar-refractivity contribution is -0.190. The van der Waals surface area contributed by atoms with Gasteiger partial charge < -0.3 is 5.32 Å². The topological polar surface area (TPSA) is 66.5 Å². The number of allylic oxidation sites excluding steroid dienone is 1. The van der Waals surface area contributed by atoms with Crippen molar-refractivity contribution < 1.29 is 27.6 Å². The summed E-state index contributed by atoms with van der Waals surface area (Å²) in [6, 6.07) is 15.1. The second kappa shape index (κ2) is 8.61. The number of carbonyl (C=O) groups is 3. The van der Waals surface area contributed by atoms with Gasteiger partial charge in [0.1, 0.15) is 0 Å². The predicted octanol–water partition coefficient (Wildman–Crippen LogP) is 4.25. The van der Waals surface area contributed by atoms with E-state index in [0.29, 0.717) is 0 Å². The third kappa shape index (κ3) is 4.04. The first-order valence-electron chi connectivity index (χ1n) is 10.0. The fourth-order valence-corrected chi connectivity index (χ4v) is 3.96. The van der Waals surface area contributed by atoms with Crippen LogP contribution in [0.25, 0.3) is 0 Å². The second-order valence-corrected chi connectivity index (χ2v) is 7.77. The Hall–Kier alpha value is -3.42. The second-order valence-electron chi connectivity index (χ2n) is 7.77. The molecule has 3 rings (SSSR count). The van der Waals surface area contributed by atoms with Crippen molar-refractivity contribution in [3.63, 3.8) is 0 Å². The summed E-state index contributed by atoms with van der Waals surface area (Å²) in [4.78, 5) is 39.1. The standard InChI is InChI=1S/C24H23F3N2O3/c1-15-9-12-19(13-10-15)29-16(2)21(17(3)30)23(22(29)32,24(25,26)27)28-20(31)14-11-18-7-5-4-6-8-18/h4-10,12-13H,11,14H2,1-3H3,(H,28,31). The van der Waals surface area contributed by atoms with Gasteiger partial charge in [-0.1, -0.05) is 48.0 Å². The van der Waals surface area contributed by atoms with Crippen LogP contribution in [-0.2, 0) is 20.8 Å². The molecule has 2 aromatic rings. The molecule has 0 aliphatic carbocycles. The Labute approximate surface area is 183 Å². The molecule has 5 nitrogen and oxygen atoms in total. The van der Waals surface area contributed by atoms with E-state index in [4.69, 9.17) is 0 Å². The van der Waals surface area contributed by atoms with Crippen LogP contribution in [0.4, 0.5) is 18.9 Å². The van der Waals surface area contributed by atoms with Crippen molar-refractivity contribution in [1.82, 2.24) is 5.32 Å². The van der Waals surface area contributed by atoms with Gasteiger partial charge in [-0.2, -0.15) is 13.2 Å². The summed E-state index contributed by atoms with van der Waals surface area (Å²) in [5.41, 5.74) is -2.58. The van der Waals surface area contributed by atoms with Gasteiger partial charge in [-0.05, 0) is 44.9 Å². The lowest BCUT2D eigenvalue weighted by Gasteiger charge is -2.33. The highest BCUT2D eigenvalue weighted by Gasteiger charge is 2.70. The molecule has 0 saturated carbocycles. The Morgan fingerprint density at radius 1 is 1.00 bits per heavy atom. The van der Waals surface area contributed by atoms with Crippen molar-refractivity contribution in [3.05, 3.63) is 77.0 Å². The summed E-state index contributed by atoms with van der Waals surface area (Å²) in [7, 11) is 0. The molecule has 1 atom stereocenters. The molecule has 168 valence electrons. The summed E-state index contributed by atoms with van der Waals surface area (Å²) in [5.74, 6) is -3.34. The molecular weight excluding hydrogens is 421 g/mol. The van der Waals surface area contributed by atoms with Crippen LogP contribution in [0.15, 0.2) is 65.9 Å². The molecule has 1 heterocycles. The Balaban J connectivity index is 2.02. The van der Waals surface area contributed by atoms with Crippen LogP contribution in [0.5, 0.6) is 0 Å². The fourth-order valence-electron chi connectivity index (χ4n) is 3.96. The highest BCUT2D eigenvalue weighted by Crippen LogP contribution is 2.46. The maximum atomic E-state index is 14.5. The monoisotopic (exact) mass is 444 g/mol. The van der Waals surface area contributed by atoms with Crippen LogP contribution in [0.1, 0.15) is 31.4 Å². The number of hydrogen-bond donors (Lipinski definition) is 1. The maximum Gasteiger partial charge on any atom is 0.425 e. The number of ketones is 1. The lowest BCUT2D eigenvalue weighted by atomic mass is 9.86. The molecule has 2 amide bonds. The number of carbonyl (C=O) groups excluding carboxylic acids is 3. The van der Waals surface area contributed by atoms with Gasteiger partial charge in [0, 0.05) is 17.8 Å². The van der Waals surface area contributed by atoms with Crippen molar-refractivity contribution in [3.8, 4) is 0 Å². The minimum absolute atomic E-state index is 0.160. The van der Waals surface area contributed by atoms with E-state index in [1.807, 2.05) is 5.32 Å². The van der Waals surface area contributed by atoms with Crippen LogP contribution < -0.4 is 10.2 Å². The summed E-state index contributed by atoms with van der Waals surface area (Å²) >= 11 is 0. The molecule has 1 aliphatic rings. The highest BCUT2D eigenvalue weighted by atomic mass is 19.4. The number of amides is 2. The summed E-state index contributed by atoms with van der Waals surface area (Å²) in [6.07, 6.45) is -5.31. The number of alkyl halides is 3. The van der Waals surface area contributed by atoms with Crippen LogP contribution in [0.2, 0.25) is 0 Å². The quantitative estimate of drug-likeness (QED) is 0.724. The zero-order chi connectivity index (χ0) is 23.7. The molecule has 0 bridgehead atoms. The summed E-state index contributed by atoms with van der Waals surface area (Å²) in [5, 5.41) is 1.89. The highest BCUT2D eigenvalue weighted by molar-refractivity contribution is 6.19. The molecule has 0 saturated heterocycles. The number of Topliss-reactive ketones (excluding diaryl/α,β-unsaturated/α-hetero) is 1. The smallest absolute Gasteiger partial charge is 0.330 e. The Morgan fingerprint density at radius 2 is 1.59 bits per heavy atom. The van der Waals surface area contributed by atoms with E-state index in [2.05, 4.69) is 0 Å². The number of benzene rings is 2. The Kier molecular flexibility index (Phi) is 6.25. The van der Waals surface area contributed by atoms with E-state index >= 15 is 0 Å². The third-order valence-electron chi connectivity index (χ3n) is 5.48. The number of aryl methyl sites for hydroxylation is 2. The average molecular weight is 444 g/mol. The Morgan fingerprint density at radius 3 is 2.12 bits per heavy atom. The van der Waals surface area contributed by atoms with Gasteiger partial charge in [0.25, 0.3) is 5.91 Å². The summed E-state index contributed by atoms with van der Waals surface area (Å²) in [6.45, 7) is 4.03. The first kappa shape index (κ1) is 23.2. The van der Waals surface area contributed by atoms with Crippen LogP contribution in [0, 0.1) is 6.92 Å². The number of halogens is 3. The number of nitrogens with one attached hydrogen (secondary N) is 1. The van der Waals surface area contributed by atoms with Gasteiger partial charge in [-0.25, -0.2) is 0 Å². The van der Waals surface area contributed by atoms with E-state index in [9.17, 15) is 27.6 Å². The molecule has 0 spiro atoms. The van der Waals surface area contributed by atoms with Crippen LogP contribution in [0.3, 0.4) is 0 Å². The van der Waals surface area contributed by atoms with Gasteiger partial charge in [0.15, 0.2) is 5.78 Å². The van der Waals surface area contributed by atoms with Crippen molar-refractivity contribution in [2.24, 2.45) is 0 Å². The number of nitrogens with zero attached hydrogens (tertiary/aromatic N) is 1. The molecule has 1 N–H and O–H groups in total. The van der Waals surface area contributed by atoms with Crippen LogP contribution >= 0.6 is 0 Å². The minimum Gasteiger partial charge on any atom is -0.330 e. The molecular formula is C24H23F3N2O3. The molecule has 0 fully saturated rings. The van der Waals surface area contributed by atoms with Gasteiger partial charge in [0.2, 0.25) is 11.4 Å². The fraction of sp³-hybridized carbons (Fsp3) is 0.292. The van der Waals surface area contributed by atoms with Crippen molar-refractivity contribution >= 4 is 23.3 Å². The van der Waals surface area contributed by atoms with Gasteiger partial charge >= 0.3 is 6.18 Å². The van der Waals surface area contributed by atoms with E-state index in [1.54, 1.807) is 49.4 Å². The predicted molar refractivity (Wildman–Crippen MR) is 114 cm³/mol. The largest absolute Gasteiger partial charge is 0.425 e. The molecule has 1 aliphatic heterocycles. The molecule has 0 radical (unpaired) electrons. The summed E-state index contributed by atoms with van der Waals surface area (Å²) < 4.78 is 43.4. The third-order valence-corrected chi connectivity index (χ3v) is 5.48. The van der Waals surface area contributed by atoms with Gasteiger partial charge in [-0.15, -0.1) is 0 Å². The lowest BCUT2D eigenvalue weighted by Crippen LogP contribution is -2.66. The van der Waals surface area contributed by atoms with E-state index in [0.717, 1.165) is 23.0 Å².